The first-order valence-electron chi connectivity index (χ1n) is 6.16. The lowest BCUT2D eigenvalue weighted by molar-refractivity contribution is -0.150. The summed E-state index contributed by atoms with van der Waals surface area (Å²) in [6.07, 6.45) is 1.23. The van der Waals surface area contributed by atoms with Gasteiger partial charge in [0.25, 0.3) is 0 Å². The molecule has 2 fully saturated rings. The minimum absolute atomic E-state index is 0.161. The Morgan fingerprint density at radius 1 is 1.28 bits per heavy atom. The van der Waals surface area contributed by atoms with E-state index in [0.717, 1.165) is 0 Å². The van der Waals surface area contributed by atoms with E-state index >= 15 is 0 Å². The van der Waals surface area contributed by atoms with E-state index in [2.05, 4.69) is 5.16 Å². The highest BCUT2D eigenvalue weighted by molar-refractivity contribution is 6.50. The maximum atomic E-state index is 12.5. The Kier molecular flexibility index (Phi) is 2.42. The second-order valence-corrected chi connectivity index (χ2v) is 6.34. The van der Waals surface area contributed by atoms with Crippen molar-refractivity contribution in [2.24, 2.45) is 21.4 Å². The molecule has 2 bridgehead atoms. The van der Waals surface area contributed by atoms with Crippen molar-refractivity contribution in [2.45, 2.75) is 33.6 Å². The van der Waals surface area contributed by atoms with Crippen molar-refractivity contribution in [1.29, 1.82) is 0 Å². The van der Waals surface area contributed by atoms with E-state index in [9.17, 15) is 9.59 Å². The first kappa shape index (κ1) is 13.1. The van der Waals surface area contributed by atoms with Crippen LogP contribution in [0.25, 0.3) is 0 Å². The van der Waals surface area contributed by atoms with Gasteiger partial charge in [0.05, 0.1) is 0 Å². The fraction of sp³-hybridized carbons (Fsp3) is 0.769. The Morgan fingerprint density at radius 2 is 1.83 bits per heavy atom. The zero-order chi connectivity index (χ0) is 13.9. The highest BCUT2D eigenvalue weighted by atomic mass is 16.4. The SMILES string of the molecule is CN(C)C(=O)C12CCC(C)(/C(=N/O)C1=O)C2(C)C. The van der Waals surface area contributed by atoms with Crippen molar-refractivity contribution in [3.63, 3.8) is 0 Å². The maximum absolute atomic E-state index is 12.5. The van der Waals surface area contributed by atoms with Crippen molar-refractivity contribution in [3.8, 4) is 0 Å². The average molecular weight is 252 g/mol. The molecule has 5 heteroatoms. The number of amides is 1. The normalized spacial score (nSPS) is 39.4. The van der Waals surface area contributed by atoms with E-state index in [1.54, 1.807) is 14.1 Å². The minimum atomic E-state index is -1.06. The van der Waals surface area contributed by atoms with Crippen LogP contribution in [0.3, 0.4) is 0 Å². The largest absolute Gasteiger partial charge is 0.411 e. The first-order chi connectivity index (χ1) is 8.16. The van der Waals surface area contributed by atoms with Gasteiger partial charge in [-0.1, -0.05) is 25.9 Å². The molecular weight excluding hydrogens is 232 g/mol. The zero-order valence-electron chi connectivity index (χ0n) is 11.6. The standard InChI is InChI=1S/C13H20N2O3/c1-11(2)12(3)6-7-13(11,10(17)15(4)5)9(16)8(12)14-18/h18H,6-7H2,1-5H3/b14-8+. The summed E-state index contributed by atoms with van der Waals surface area (Å²) in [5.74, 6) is -0.484. The molecule has 1 N–H and O–H groups in total. The van der Waals surface area contributed by atoms with Gasteiger partial charge in [-0.3, -0.25) is 9.59 Å². The van der Waals surface area contributed by atoms with Crippen molar-refractivity contribution in [2.75, 3.05) is 14.1 Å². The summed E-state index contributed by atoms with van der Waals surface area (Å²) >= 11 is 0. The molecule has 0 aromatic heterocycles. The molecule has 0 radical (unpaired) electrons. The number of hydrogen-bond donors (Lipinski definition) is 1. The van der Waals surface area contributed by atoms with Gasteiger partial charge in [-0.05, 0) is 18.3 Å². The van der Waals surface area contributed by atoms with Crippen LogP contribution in [-0.4, -0.2) is 41.6 Å². The Bertz CT molecular complexity index is 467. The number of rotatable bonds is 1. The predicted molar refractivity (Wildman–Crippen MR) is 66.5 cm³/mol. The molecule has 100 valence electrons. The molecule has 0 heterocycles. The number of fused-ring (bicyclic) bond motifs is 2. The van der Waals surface area contributed by atoms with E-state index in [0.29, 0.717) is 12.8 Å². The van der Waals surface area contributed by atoms with Gasteiger partial charge in [0.15, 0.2) is 5.78 Å². The summed E-state index contributed by atoms with van der Waals surface area (Å²) in [6.45, 7) is 5.77. The lowest BCUT2D eigenvalue weighted by Gasteiger charge is -2.38. The summed E-state index contributed by atoms with van der Waals surface area (Å²) in [5.41, 5.74) is -1.95. The Hall–Kier alpha value is -1.39. The van der Waals surface area contributed by atoms with Gasteiger partial charge >= 0.3 is 0 Å². The van der Waals surface area contributed by atoms with Gasteiger partial charge in [0.1, 0.15) is 11.1 Å². The van der Waals surface area contributed by atoms with Crippen LogP contribution in [0.4, 0.5) is 0 Å². The number of oxime groups is 1. The van der Waals surface area contributed by atoms with E-state index in [-0.39, 0.29) is 17.4 Å². The maximum Gasteiger partial charge on any atom is 0.236 e. The van der Waals surface area contributed by atoms with Crippen LogP contribution in [0, 0.1) is 16.2 Å². The van der Waals surface area contributed by atoms with Gasteiger partial charge < -0.3 is 10.1 Å². The molecular formula is C13H20N2O3. The van der Waals surface area contributed by atoms with Crippen LogP contribution >= 0.6 is 0 Å². The molecule has 2 aliphatic rings. The van der Waals surface area contributed by atoms with Crippen molar-refractivity contribution < 1.29 is 14.8 Å². The van der Waals surface area contributed by atoms with Gasteiger partial charge in [-0.15, -0.1) is 0 Å². The van der Waals surface area contributed by atoms with E-state index in [4.69, 9.17) is 5.21 Å². The molecule has 2 saturated carbocycles. The summed E-state index contributed by atoms with van der Waals surface area (Å²) in [6, 6.07) is 0. The third-order valence-corrected chi connectivity index (χ3v) is 5.44. The predicted octanol–water partition coefficient (Wildman–Crippen LogP) is 1.30. The molecule has 1 amide bonds. The molecule has 2 unspecified atom stereocenters. The van der Waals surface area contributed by atoms with Crippen LogP contribution in [0.5, 0.6) is 0 Å². The van der Waals surface area contributed by atoms with Crippen LogP contribution in [0.2, 0.25) is 0 Å². The quantitative estimate of drug-likeness (QED) is 0.434. The molecule has 5 nitrogen and oxygen atoms in total. The number of nitrogens with zero attached hydrogens (tertiary/aromatic N) is 2. The van der Waals surface area contributed by atoms with Crippen molar-refractivity contribution in [1.82, 2.24) is 4.90 Å². The van der Waals surface area contributed by atoms with E-state index < -0.39 is 16.2 Å². The molecule has 0 aromatic rings. The lowest BCUT2D eigenvalue weighted by Crippen LogP contribution is -2.50. The van der Waals surface area contributed by atoms with Crippen LogP contribution in [-0.2, 0) is 9.59 Å². The number of carbonyl (C=O) groups is 2. The number of carbonyl (C=O) groups excluding carboxylic acids is 2. The molecule has 2 atom stereocenters. The second-order valence-electron chi connectivity index (χ2n) is 6.34. The van der Waals surface area contributed by atoms with Crippen molar-refractivity contribution in [3.05, 3.63) is 0 Å². The van der Waals surface area contributed by atoms with Gasteiger partial charge in [0.2, 0.25) is 5.91 Å². The highest BCUT2D eigenvalue weighted by Gasteiger charge is 2.77. The molecule has 0 aromatic carbocycles. The topological polar surface area (TPSA) is 70.0 Å². The summed E-state index contributed by atoms with van der Waals surface area (Å²) < 4.78 is 0. The van der Waals surface area contributed by atoms with Gasteiger partial charge in [0, 0.05) is 19.5 Å². The van der Waals surface area contributed by atoms with Gasteiger partial charge in [-0.25, -0.2) is 0 Å². The molecule has 2 aliphatic carbocycles. The summed E-state index contributed by atoms with van der Waals surface area (Å²) in [7, 11) is 3.31. The zero-order valence-corrected chi connectivity index (χ0v) is 11.6. The number of ketones is 1. The molecule has 0 saturated heterocycles. The smallest absolute Gasteiger partial charge is 0.236 e. The molecule has 18 heavy (non-hydrogen) atoms. The Balaban J connectivity index is 2.69. The average Bonchev–Trinajstić information content (AvgIpc) is 2.55. The fourth-order valence-electron chi connectivity index (χ4n) is 3.81. The van der Waals surface area contributed by atoms with Crippen LogP contribution in [0.1, 0.15) is 33.6 Å². The number of Topliss-reactive ketones (excluding diaryl/α,β-unsaturated/α-hetero) is 1. The third kappa shape index (κ3) is 1.02. The third-order valence-electron chi connectivity index (χ3n) is 5.44. The minimum Gasteiger partial charge on any atom is -0.411 e. The molecule has 0 spiro atoms. The molecule has 0 aliphatic heterocycles. The Labute approximate surface area is 107 Å². The monoisotopic (exact) mass is 252 g/mol. The number of hydrogen-bond acceptors (Lipinski definition) is 4. The van der Waals surface area contributed by atoms with E-state index in [1.807, 2.05) is 20.8 Å². The van der Waals surface area contributed by atoms with Gasteiger partial charge in [-0.2, -0.15) is 0 Å². The fourth-order valence-corrected chi connectivity index (χ4v) is 3.81. The summed E-state index contributed by atoms with van der Waals surface area (Å²) in [4.78, 5) is 26.5. The lowest BCUT2D eigenvalue weighted by atomic mass is 9.64. The Morgan fingerprint density at radius 3 is 2.22 bits per heavy atom. The highest BCUT2D eigenvalue weighted by Crippen LogP contribution is 2.69. The van der Waals surface area contributed by atoms with Crippen LogP contribution < -0.4 is 0 Å². The second kappa shape index (κ2) is 3.33. The van der Waals surface area contributed by atoms with Crippen LogP contribution in [0.15, 0.2) is 5.16 Å². The first-order valence-corrected chi connectivity index (χ1v) is 6.16. The van der Waals surface area contributed by atoms with Crippen molar-refractivity contribution >= 4 is 17.4 Å². The summed E-state index contributed by atoms with van der Waals surface area (Å²) in [5, 5.41) is 12.3. The molecule has 2 rings (SSSR count). The van der Waals surface area contributed by atoms with E-state index in [1.165, 1.54) is 4.90 Å².